The highest BCUT2D eigenvalue weighted by Gasteiger charge is 2.53. The first-order valence-corrected chi connectivity index (χ1v) is 17.5. The molecule has 14 heteroatoms. The molecule has 0 aromatic carbocycles. The standard InChI is InChI=1S/C35H59NO13/c1-23(36-24(2)37)29(20-18-16-14-12-10-8-9-11-13-15-17-19-21-31(42)43-7)48-35-34(47-28(6)41)33(46-27(5)40)32(45-26(4)39)30(49-35)22-44-25(3)38/h23,29-30,32-35H,8-22H2,1-7H3,(H,36,37)/t23-,29-,30-,32+,33+,34-,35-/m1/s1. The summed E-state index contributed by atoms with van der Waals surface area (Å²) in [5.41, 5.74) is 0. The Morgan fingerprint density at radius 2 is 1.10 bits per heavy atom. The van der Waals surface area contributed by atoms with Crippen LogP contribution >= 0.6 is 0 Å². The van der Waals surface area contributed by atoms with Crippen molar-refractivity contribution >= 4 is 35.8 Å². The summed E-state index contributed by atoms with van der Waals surface area (Å²) in [7, 11) is 1.42. The van der Waals surface area contributed by atoms with Gasteiger partial charge in [0.25, 0.3) is 0 Å². The Balaban J connectivity index is 2.84. The number of methoxy groups -OCH3 is 1. The molecule has 1 aliphatic heterocycles. The summed E-state index contributed by atoms with van der Waals surface area (Å²) in [4.78, 5) is 71.1. The van der Waals surface area contributed by atoms with Crippen molar-refractivity contribution in [2.45, 2.75) is 174 Å². The average molecular weight is 702 g/mol. The highest BCUT2D eigenvalue weighted by molar-refractivity contribution is 5.73. The summed E-state index contributed by atoms with van der Waals surface area (Å²) in [6.45, 7) is 7.50. The van der Waals surface area contributed by atoms with E-state index in [1.165, 1.54) is 53.6 Å². The molecule has 1 rings (SSSR count). The van der Waals surface area contributed by atoms with Crippen LogP contribution in [0.1, 0.15) is 131 Å². The zero-order valence-electron chi connectivity index (χ0n) is 30.5. The van der Waals surface area contributed by atoms with Gasteiger partial charge in [-0.3, -0.25) is 28.8 Å². The smallest absolute Gasteiger partial charge is 0.305 e. The van der Waals surface area contributed by atoms with E-state index in [0.717, 1.165) is 65.2 Å². The molecule has 1 amide bonds. The first kappa shape index (κ1) is 43.8. The number of hydrogen-bond donors (Lipinski definition) is 1. The molecular formula is C35H59NO13. The Kier molecular flexibility index (Phi) is 22.2. The summed E-state index contributed by atoms with van der Waals surface area (Å²) in [6.07, 6.45) is 6.81. The number of hydrogen-bond acceptors (Lipinski definition) is 13. The maximum absolute atomic E-state index is 12.2. The van der Waals surface area contributed by atoms with E-state index in [2.05, 4.69) is 10.1 Å². The Bertz CT molecular complexity index is 1030. The van der Waals surface area contributed by atoms with Gasteiger partial charge in [-0.15, -0.1) is 0 Å². The summed E-state index contributed by atoms with van der Waals surface area (Å²) in [5.74, 6) is -3.20. The molecule has 0 radical (unpaired) electrons. The maximum Gasteiger partial charge on any atom is 0.305 e. The third kappa shape index (κ3) is 19.5. The van der Waals surface area contributed by atoms with Crippen molar-refractivity contribution in [1.29, 1.82) is 0 Å². The van der Waals surface area contributed by atoms with Crippen LogP contribution in [0.5, 0.6) is 0 Å². The predicted octanol–water partition coefficient (Wildman–Crippen LogP) is 4.61. The van der Waals surface area contributed by atoms with Gasteiger partial charge in [-0.1, -0.05) is 70.6 Å². The number of unbranched alkanes of at least 4 members (excludes halogenated alkanes) is 11. The van der Waals surface area contributed by atoms with Crippen LogP contribution in [0, 0.1) is 0 Å². The molecule has 0 bridgehead atoms. The lowest BCUT2D eigenvalue weighted by molar-refractivity contribution is -0.318. The predicted molar refractivity (Wildman–Crippen MR) is 177 cm³/mol. The first-order chi connectivity index (χ1) is 23.2. The van der Waals surface area contributed by atoms with Crippen LogP contribution in [-0.4, -0.2) is 92.3 Å². The summed E-state index contributed by atoms with van der Waals surface area (Å²) in [5, 5.41) is 2.85. The highest BCUT2D eigenvalue weighted by atomic mass is 16.7. The van der Waals surface area contributed by atoms with Crippen molar-refractivity contribution in [1.82, 2.24) is 5.32 Å². The number of rotatable bonds is 24. The van der Waals surface area contributed by atoms with Crippen molar-refractivity contribution in [3.05, 3.63) is 0 Å². The second-order valence-corrected chi connectivity index (χ2v) is 12.6. The third-order valence-corrected chi connectivity index (χ3v) is 8.09. The maximum atomic E-state index is 12.2. The van der Waals surface area contributed by atoms with Gasteiger partial charge in [0.15, 0.2) is 24.6 Å². The van der Waals surface area contributed by atoms with Gasteiger partial charge >= 0.3 is 29.8 Å². The first-order valence-electron chi connectivity index (χ1n) is 17.5. The fourth-order valence-corrected chi connectivity index (χ4v) is 5.80. The van der Waals surface area contributed by atoms with Crippen molar-refractivity contribution in [3.63, 3.8) is 0 Å². The lowest BCUT2D eigenvalue weighted by atomic mass is 9.97. The van der Waals surface area contributed by atoms with Gasteiger partial charge < -0.3 is 38.5 Å². The molecule has 0 spiro atoms. The fourth-order valence-electron chi connectivity index (χ4n) is 5.80. The van der Waals surface area contributed by atoms with Gasteiger partial charge in [-0.05, 0) is 19.8 Å². The zero-order valence-corrected chi connectivity index (χ0v) is 30.5. The molecule has 282 valence electrons. The number of esters is 5. The van der Waals surface area contributed by atoms with Gasteiger partial charge in [0.2, 0.25) is 5.91 Å². The minimum atomic E-state index is -1.34. The molecule has 1 aliphatic rings. The van der Waals surface area contributed by atoms with E-state index in [0.29, 0.717) is 12.8 Å². The molecule has 1 fully saturated rings. The van der Waals surface area contributed by atoms with Gasteiger partial charge in [-0.25, -0.2) is 0 Å². The Hall–Kier alpha value is -3.26. The van der Waals surface area contributed by atoms with Crippen molar-refractivity contribution in [2.75, 3.05) is 13.7 Å². The second-order valence-electron chi connectivity index (χ2n) is 12.6. The van der Waals surface area contributed by atoms with Gasteiger partial charge in [-0.2, -0.15) is 0 Å². The lowest BCUT2D eigenvalue weighted by Crippen LogP contribution is -2.63. The van der Waals surface area contributed by atoms with Crippen LogP contribution < -0.4 is 5.32 Å². The number of carbonyl (C=O) groups is 6. The number of nitrogens with one attached hydrogen (secondary N) is 1. The third-order valence-electron chi connectivity index (χ3n) is 8.09. The molecule has 1 N–H and O–H groups in total. The van der Waals surface area contributed by atoms with Crippen molar-refractivity contribution in [3.8, 4) is 0 Å². The molecule has 7 atom stereocenters. The van der Waals surface area contributed by atoms with Crippen LogP contribution in [0.25, 0.3) is 0 Å². The highest BCUT2D eigenvalue weighted by Crippen LogP contribution is 2.31. The monoisotopic (exact) mass is 701 g/mol. The van der Waals surface area contributed by atoms with Crippen LogP contribution in [0.15, 0.2) is 0 Å². The van der Waals surface area contributed by atoms with Crippen LogP contribution in [0.3, 0.4) is 0 Å². The van der Waals surface area contributed by atoms with E-state index in [9.17, 15) is 28.8 Å². The summed E-state index contributed by atoms with van der Waals surface area (Å²) >= 11 is 0. The molecular weight excluding hydrogens is 642 g/mol. The van der Waals surface area contributed by atoms with E-state index >= 15 is 0 Å². The van der Waals surface area contributed by atoms with Crippen LogP contribution in [0.4, 0.5) is 0 Å². The molecule has 0 aromatic rings. The van der Waals surface area contributed by atoms with Gasteiger partial charge in [0, 0.05) is 41.0 Å². The molecule has 49 heavy (non-hydrogen) atoms. The number of amides is 1. The van der Waals surface area contributed by atoms with Crippen LogP contribution in [-0.2, 0) is 61.9 Å². The molecule has 1 saturated heterocycles. The van der Waals surface area contributed by atoms with E-state index < -0.39 is 66.7 Å². The van der Waals surface area contributed by atoms with Crippen molar-refractivity contribution < 1.29 is 61.9 Å². The quantitative estimate of drug-likeness (QED) is 0.0838. The lowest BCUT2D eigenvalue weighted by Gasteiger charge is -2.45. The molecule has 0 aliphatic carbocycles. The van der Waals surface area contributed by atoms with E-state index in [1.54, 1.807) is 6.92 Å². The topological polar surface area (TPSA) is 179 Å². The minimum absolute atomic E-state index is 0.146. The van der Waals surface area contributed by atoms with Gasteiger partial charge in [0.1, 0.15) is 12.7 Å². The SMILES string of the molecule is COC(=O)CCCCCCCCCCCCCC[C@@H](O[C@@H]1O[C@H](COC(C)=O)[C@H](OC(C)=O)[C@H](OC(C)=O)[C@H]1OC(C)=O)[C@@H](C)NC(C)=O. The Morgan fingerprint density at radius 1 is 0.633 bits per heavy atom. The van der Waals surface area contributed by atoms with Crippen LogP contribution in [0.2, 0.25) is 0 Å². The molecule has 0 unspecified atom stereocenters. The summed E-state index contributed by atoms with van der Waals surface area (Å²) < 4.78 is 38.8. The second kappa shape index (κ2) is 24.8. The van der Waals surface area contributed by atoms with E-state index in [4.69, 9.17) is 28.4 Å². The largest absolute Gasteiger partial charge is 0.469 e. The zero-order chi connectivity index (χ0) is 36.8. The Morgan fingerprint density at radius 3 is 1.57 bits per heavy atom. The average Bonchev–Trinajstić information content (AvgIpc) is 3.01. The number of ether oxygens (including phenoxy) is 7. The molecule has 14 nitrogen and oxygen atoms in total. The van der Waals surface area contributed by atoms with Crippen molar-refractivity contribution in [2.24, 2.45) is 0 Å². The normalized spacial score (nSPS) is 21.5. The number of carbonyl (C=O) groups excluding carboxylic acids is 6. The van der Waals surface area contributed by atoms with E-state index in [-0.39, 0.29) is 18.5 Å². The molecule has 0 saturated carbocycles. The molecule has 0 aromatic heterocycles. The summed E-state index contributed by atoms with van der Waals surface area (Å²) in [6, 6.07) is -0.468. The van der Waals surface area contributed by atoms with E-state index in [1.807, 2.05) is 0 Å². The van der Waals surface area contributed by atoms with Gasteiger partial charge in [0.05, 0.1) is 19.3 Å². The molecule has 1 heterocycles. The Labute approximate surface area is 290 Å². The minimum Gasteiger partial charge on any atom is -0.469 e. The fraction of sp³-hybridized carbons (Fsp3) is 0.829.